The Balaban J connectivity index is 1.92. The van der Waals surface area contributed by atoms with Crippen molar-refractivity contribution in [1.29, 1.82) is 0 Å². The van der Waals surface area contributed by atoms with Crippen LogP contribution in [0.4, 0.5) is 13.2 Å². The summed E-state index contributed by atoms with van der Waals surface area (Å²) in [7, 11) is 2.08. The number of hydrogen-bond donors (Lipinski definition) is 0. The Labute approximate surface area is 128 Å². The molecule has 0 unspecified atom stereocenters. The molecule has 0 radical (unpaired) electrons. The number of alkyl halides is 3. The van der Waals surface area contributed by atoms with Gasteiger partial charge in [0.15, 0.2) is 0 Å². The molecule has 1 aliphatic rings. The Morgan fingerprint density at radius 1 is 1.14 bits per heavy atom. The molecule has 1 aliphatic heterocycles. The van der Waals surface area contributed by atoms with E-state index in [1.54, 1.807) is 0 Å². The molecule has 1 saturated heterocycles. The quantitative estimate of drug-likeness (QED) is 0.837. The van der Waals surface area contributed by atoms with Crippen LogP contribution in [-0.4, -0.2) is 49.6 Å². The molecule has 6 heteroatoms. The monoisotopic (exact) mass is 320 g/mol. The summed E-state index contributed by atoms with van der Waals surface area (Å²) in [6.45, 7) is 4.84. The first-order valence-corrected chi connectivity index (χ1v) is 7.50. The second-order valence-electron chi connectivity index (χ2n) is 5.55. The Morgan fingerprint density at radius 2 is 1.81 bits per heavy atom. The maximum absolute atomic E-state index is 12.9. The van der Waals surface area contributed by atoms with Gasteiger partial charge in [0, 0.05) is 31.2 Å². The van der Waals surface area contributed by atoms with Gasteiger partial charge in [-0.25, -0.2) is 0 Å². The molecule has 0 N–H and O–H groups in total. The normalized spacial score (nSPS) is 18.1. The van der Waals surface area contributed by atoms with E-state index in [0.717, 1.165) is 38.8 Å². The fourth-order valence-corrected chi connectivity index (χ4v) is 2.80. The molecule has 1 aromatic carbocycles. The van der Waals surface area contributed by atoms with Gasteiger partial charge < -0.3 is 9.80 Å². The maximum atomic E-state index is 12.9. The lowest BCUT2D eigenvalue weighted by Gasteiger charge is -2.32. The van der Waals surface area contributed by atoms with Gasteiger partial charge in [0.25, 0.3) is 0 Å². The van der Waals surface area contributed by atoms with Crippen molar-refractivity contribution >= 4 is 11.6 Å². The fourth-order valence-electron chi connectivity index (χ4n) is 2.61. The summed E-state index contributed by atoms with van der Waals surface area (Å²) in [5.41, 5.74) is -0.269. The van der Waals surface area contributed by atoms with Crippen molar-refractivity contribution in [2.24, 2.45) is 0 Å². The average molecular weight is 321 g/mol. The molecular weight excluding hydrogens is 301 g/mol. The predicted molar refractivity (Wildman–Crippen MR) is 78.7 cm³/mol. The minimum absolute atomic E-state index is 0.295. The van der Waals surface area contributed by atoms with E-state index in [1.165, 1.54) is 12.1 Å². The number of nitrogens with zero attached hydrogens (tertiary/aromatic N) is 2. The van der Waals surface area contributed by atoms with Gasteiger partial charge in [0.05, 0.1) is 5.56 Å². The SMILES string of the molecule is CN1CCN(CCCc2cc(Cl)ccc2C(F)(F)F)CC1. The van der Waals surface area contributed by atoms with Crippen LogP contribution >= 0.6 is 11.6 Å². The van der Waals surface area contributed by atoms with E-state index in [9.17, 15) is 13.2 Å². The first-order valence-electron chi connectivity index (χ1n) is 7.13. The van der Waals surface area contributed by atoms with E-state index < -0.39 is 11.7 Å². The van der Waals surface area contributed by atoms with Gasteiger partial charge in [-0.05, 0) is 50.2 Å². The second-order valence-corrected chi connectivity index (χ2v) is 5.98. The zero-order valence-electron chi connectivity index (χ0n) is 12.1. The molecule has 21 heavy (non-hydrogen) atoms. The molecule has 0 saturated carbocycles. The van der Waals surface area contributed by atoms with Crippen molar-refractivity contribution in [3.05, 3.63) is 34.3 Å². The molecule has 2 nitrogen and oxygen atoms in total. The van der Waals surface area contributed by atoms with Crippen LogP contribution < -0.4 is 0 Å². The van der Waals surface area contributed by atoms with E-state index in [4.69, 9.17) is 11.6 Å². The Hall–Kier alpha value is -0.780. The summed E-state index contributed by atoms with van der Waals surface area (Å²) in [6, 6.07) is 3.82. The zero-order chi connectivity index (χ0) is 15.5. The Morgan fingerprint density at radius 3 is 2.43 bits per heavy atom. The van der Waals surface area contributed by atoms with Crippen molar-refractivity contribution in [2.75, 3.05) is 39.8 Å². The zero-order valence-corrected chi connectivity index (χ0v) is 12.8. The fraction of sp³-hybridized carbons (Fsp3) is 0.600. The standard InChI is InChI=1S/C15H20ClF3N2/c1-20-7-9-21(10-8-20)6-2-3-12-11-13(16)4-5-14(12)15(17,18)19/h4-5,11H,2-3,6-10H2,1H3. The van der Waals surface area contributed by atoms with Gasteiger partial charge in [0.2, 0.25) is 0 Å². The Kier molecular flexibility index (Phi) is 5.52. The third-order valence-corrected chi connectivity index (χ3v) is 4.12. The van der Waals surface area contributed by atoms with Crippen LogP contribution in [0.5, 0.6) is 0 Å². The third kappa shape index (κ3) is 4.87. The van der Waals surface area contributed by atoms with Crippen LogP contribution in [0.1, 0.15) is 17.5 Å². The highest BCUT2D eigenvalue weighted by Gasteiger charge is 2.33. The highest BCUT2D eigenvalue weighted by atomic mass is 35.5. The van der Waals surface area contributed by atoms with Gasteiger partial charge >= 0.3 is 6.18 Å². The largest absolute Gasteiger partial charge is 0.416 e. The molecule has 0 atom stereocenters. The van der Waals surface area contributed by atoms with E-state index in [1.807, 2.05) is 0 Å². The van der Waals surface area contributed by atoms with Crippen LogP contribution in [0.15, 0.2) is 18.2 Å². The molecular formula is C15H20ClF3N2. The van der Waals surface area contributed by atoms with Gasteiger partial charge in [-0.1, -0.05) is 11.6 Å². The van der Waals surface area contributed by atoms with Crippen molar-refractivity contribution in [1.82, 2.24) is 9.80 Å². The molecule has 0 spiro atoms. The van der Waals surface area contributed by atoms with Crippen LogP contribution in [0.2, 0.25) is 5.02 Å². The minimum Gasteiger partial charge on any atom is -0.304 e. The molecule has 0 aliphatic carbocycles. The van der Waals surface area contributed by atoms with Crippen LogP contribution in [0.3, 0.4) is 0 Å². The lowest BCUT2D eigenvalue weighted by molar-refractivity contribution is -0.138. The molecule has 0 bridgehead atoms. The van der Waals surface area contributed by atoms with Gasteiger partial charge in [0.1, 0.15) is 0 Å². The van der Waals surface area contributed by atoms with Crippen LogP contribution in [-0.2, 0) is 12.6 Å². The highest BCUT2D eigenvalue weighted by molar-refractivity contribution is 6.30. The van der Waals surface area contributed by atoms with E-state index in [2.05, 4.69) is 16.8 Å². The summed E-state index contributed by atoms with van der Waals surface area (Å²) >= 11 is 5.83. The maximum Gasteiger partial charge on any atom is 0.416 e. The van der Waals surface area contributed by atoms with Gasteiger partial charge in [-0.3, -0.25) is 0 Å². The number of benzene rings is 1. The first kappa shape index (κ1) is 16.6. The number of aryl methyl sites for hydroxylation is 1. The molecule has 1 fully saturated rings. The lowest BCUT2D eigenvalue weighted by atomic mass is 10.0. The van der Waals surface area contributed by atoms with E-state index in [-0.39, 0.29) is 0 Å². The third-order valence-electron chi connectivity index (χ3n) is 3.89. The van der Waals surface area contributed by atoms with Crippen molar-refractivity contribution in [2.45, 2.75) is 19.0 Å². The smallest absolute Gasteiger partial charge is 0.304 e. The lowest BCUT2D eigenvalue weighted by Crippen LogP contribution is -2.44. The minimum atomic E-state index is -4.31. The van der Waals surface area contributed by atoms with Gasteiger partial charge in [-0.2, -0.15) is 13.2 Å². The van der Waals surface area contributed by atoms with Crippen molar-refractivity contribution in [3.63, 3.8) is 0 Å². The first-order chi connectivity index (χ1) is 9.86. The predicted octanol–water partition coefficient (Wildman–Crippen LogP) is 3.54. The molecule has 0 aromatic heterocycles. The van der Waals surface area contributed by atoms with Gasteiger partial charge in [-0.15, -0.1) is 0 Å². The molecule has 1 heterocycles. The summed E-state index contributed by atoms with van der Waals surface area (Å²) in [5.74, 6) is 0. The summed E-state index contributed by atoms with van der Waals surface area (Å²) < 4.78 is 38.8. The van der Waals surface area contributed by atoms with Crippen molar-refractivity contribution < 1.29 is 13.2 Å². The number of piperazine rings is 1. The topological polar surface area (TPSA) is 6.48 Å². The number of rotatable bonds is 4. The van der Waals surface area contributed by atoms with E-state index >= 15 is 0 Å². The van der Waals surface area contributed by atoms with E-state index in [0.29, 0.717) is 23.4 Å². The summed E-state index contributed by atoms with van der Waals surface area (Å²) in [5, 5.41) is 0.359. The summed E-state index contributed by atoms with van der Waals surface area (Å²) in [6.07, 6.45) is -3.19. The molecule has 118 valence electrons. The number of hydrogen-bond acceptors (Lipinski definition) is 2. The molecule has 1 aromatic rings. The molecule has 2 rings (SSSR count). The molecule has 0 amide bonds. The second kappa shape index (κ2) is 6.99. The number of halogens is 4. The van der Waals surface area contributed by atoms with Crippen molar-refractivity contribution in [3.8, 4) is 0 Å². The average Bonchev–Trinajstić information content (AvgIpc) is 2.40. The van der Waals surface area contributed by atoms with Crippen LogP contribution in [0, 0.1) is 0 Å². The highest BCUT2D eigenvalue weighted by Crippen LogP contribution is 2.33. The van der Waals surface area contributed by atoms with Crippen LogP contribution in [0.25, 0.3) is 0 Å². The number of likely N-dealkylation sites (N-methyl/N-ethyl adjacent to an activating group) is 1. The summed E-state index contributed by atoms with van der Waals surface area (Å²) in [4.78, 5) is 4.56. The Bertz CT molecular complexity index is 468.